The van der Waals surface area contributed by atoms with Gasteiger partial charge in [0.1, 0.15) is 6.07 Å². The van der Waals surface area contributed by atoms with Crippen molar-refractivity contribution in [1.82, 2.24) is 14.8 Å². The van der Waals surface area contributed by atoms with Crippen molar-refractivity contribution in [3.05, 3.63) is 89.4 Å². The molecule has 8 heteroatoms. The Morgan fingerprint density at radius 3 is 2.79 bits per heavy atom. The van der Waals surface area contributed by atoms with E-state index in [9.17, 15) is 15.2 Å². The number of aliphatic imine (C=N–C) groups is 1. The number of carbonyl (C=O) groups excluding carboxylic acids is 1. The predicted octanol–water partition coefficient (Wildman–Crippen LogP) is 1.65. The van der Waals surface area contributed by atoms with Crippen molar-refractivity contribution in [2.75, 3.05) is 33.3 Å². The van der Waals surface area contributed by atoms with Gasteiger partial charge in [0.05, 0.1) is 30.0 Å². The Morgan fingerprint density at radius 1 is 1.36 bits per heavy atom. The molecule has 0 aliphatic carbocycles. The van der Waals surface area contributed by atoms with E-state index < -0.39 is 0 Å². The molecule has 2 aromatic rings. The molecule has 170 valence electrons. The van der Waals surface area contributed by atoms with Gasteiger partial charge in [-0.05, 0) is 23.3 Å². The summed E-state index contributed by atoms with van der Waals surface area (Å²) in [6.45, 7) is 5.03. The van der Waals surface area contributed by atoms with Crippen LogP contribution in [-0.4, -0.2) is 71.3 Å². The van der Waals surface area contributed by atoms with Gasteiger partial charge >= 0.3 is 0 Å². The fraction of sp³-hybridized carbons (Fsp3) is 0.280. The summed E-state index contributed by atoms with van der Waals surface area (Å²) in [7, 11) is 1.60. The molecule has 8 nitrogen and oxygen atoms in total. The van der Waals surface area contributed by atoms with E-state index in [0.717, 1.165) is 11.1 Å². The lowest BCUT2D eigenvalue weighted by Crippen LogP contribution is -2.57. The lowest BCUT2D eigenvalue weighted by atomic mass is 9.94. The Balaban J connectivity index is 1.88. The van der Waals surface area contributed by atoms with Crippen molar-refractivity contribution in [3.8, 4) is 6.07 Å². The van der Waals surface area contributed by atoms with Gasteiger partial charge in [-0.2, -0.15) is 5.26 Å². The first-order valence-electron chi connectivity index (χ1n) is 10.6. The van der Waals surface area contributed by atoms with Crippen molar-refractivity contribution in [2.24, 2.45) is 10.7 Å². The van der Waals surface area contributed by atoms with Crippen LogP contribution in [0.15, 0.2) is 77.7 Å². The van der Waals surface area contributed by atoms with E-state index in [0.29, 0.717) is 30.9 Å². The van der Waals surface area contributed by atoms with Gasteiger partial charge in [0.15, 0.2) is 0 Å². The highest BCUT2D eigenvalue weighted by atomic mass is 16.3. The summed E-state index contributed by atoms with van der Waals surface area (Å²) in [5, 5.41) is 19.6. The number of allylic oxidation sites excluding steroid dienone is 1. The molecule has 1 aromatic carbocycles. The van der Waals surface area contributed by atoms with Gasteiger partial charge in [0.2, 0.25) is 0 Å². The second-order valence-corrected chi connectivity index (χ2v) is 7.81. The maximum absolute atomic E-state index is 12.9. The van der Waals surface area contributed by atoms with Crippen molar-refractivity contribution >= 4 is 12.1 Å². The van der Waals surface area contributed by atoms with E-state index >= 15 is 0 Å². The molecule has 2 heterocycles. The molecule has 1 fully saturated rings. The summed E-state index contributed by atoms with van der Waals surface area (Å²) in [6, 6.07) is 13.3. The average Bonchev–Trinajstić information content (AvgIpc) is 2.84. The predicted molar refractivity (Wildman–Crippen MR) is 127 cm³/mol. The van der Waals surface area contributed by atoms with E-state index in [1.165, 1.54) is 18.5 Å². The highest BCUT2D eigenvalue weighted by molar-refractivity contribution is 5.97. The van der Waals surface area contributed by atoms with Crippen LogP contribution < -0.4 is 5.73 Å². The Kier molecular flexibility index (Phi) is 8.08. The van der Waals surface area contributed by atoms with Crippen molar-refractivity contribution in [1.29, 1.82) is 5.26 Å². The van der Waals surface area contributed by atoms with E-state index in [-0.39, 0.29) is 30.2 Å². The Bertz CT molecular complexity index is 1090. The molecule has 1 amide bonds. The van der Waals surface area contributed by atoms with Gasteiger partial charge in [-0.15, -0.1) is 0 Å². The normalized spacial score (nSPS) is 18.2. The molecule has 0 radical (unpaired) electrons. The lowest BCUT2D eigenvalue weighted by molar-refractivity contribution is -0.130. The number of benzene rings is 1. The molecule has 1 saturated heterocycles. The summed E-state index contributed by atoms with van der Waals surface area (Å²) in [5.41, 5.74) is 8.79. The van der Waals surface area contributed by atoms with E-state index in [4.69, 9.17) is 5.73 Å². The zero-order valence-corrected chi connectivity index (χ0v) is 18.6. The zero-order valence-electron chi connectivity index (χ0n) is 18.6. The van der Waals surface area contributed by atoms with Crippen LogP contribution in [-0.2, 0) is 4.79 Å². The maximum atomic E-state index is 12.9. The molecule has 1 aliphatic heterocycles. The van der Waals surface area contributed by atoms with Gasteiger partial charge in [0.25, 0.3) is 5.91 Å². The van der Waals surface area contributed by atoms with Gasteiger partial charge < -0.3 is 15.7 Å². The minimum Gasteiger partial charge on any atom is -0.397 e. The van der Waals surface area contributed by atoms with Crippen LogP contribution in [0, 0.1) is 11.3 Å². The summed E-state index contributed by atoms with van der Waals surface area (Å²) in [6.07, 6.45) is 6.23. The van der Waals surface area contributed by atoms with Crippen molar-refractivity contribution < 1.29 is 9.90 Å². The minimum absolute atomic E-state index is 0.134. The summed E-state index contributed by atoms with van der Waals surface area (Å²) in [5.74, 6) is -0.232. The minimum atomic E-state index is -0.315. The second kappa shape index (κ2) is 11.2. The van der Waals surface area contributed by atoms with Crippen LogP contribution in [0.5, 0.6) is 0 Å². The topological polar surface area (TPSA) is 119 Å². The standard InChI is InChI=1S/C25H28N6O2/c1-18(10-22(27)15-28-2)25(33)30-8-9-31(23(16-30)17-32)24(20-6-4-3-5-7-20)21-11-19(12-26)13-29-14-21/h3-7,10-11,13-15,23-24,32H,1,8-9,16-17,27H2,2H3/b22-10+,28-15-/t23-,24-/m0/s1. The molecule has 3 N–H and O–H groups in total. The number of hydrogen-bond donors (Lipinski definition) is 2. The molecule has 0 saturated carbocycles. The molecule has 0 bridgehead atoms. The van der Waals surface area contributed by atoms with Gasteiger partial charge in [-0.25, -0.2) is 0 Å². The average molecular weight is 445 g/mol. The van der Waals surface area contributed by atoms with E-state index in [1.807, 2.05) is 36.4 Å². The number of amides is 1. The van der Waals surface area contributed by atoms with Crippen LogP contribution in [0.1, 0.15) is 22.7 Å². The van der Waals surface area contributed by atoms with E-state index in [1.54, 1.807) is 18.1 Å². The molecule has 33 heavy (non-hydrogen) atoms. The number of nitrogens with two attached hydrogens (primary N) is 1. The molecule has 0 unspecified atom stereocenters. The summed E-state index contributed by atoms with van der Waals surface area (Å²) in [4.78, 5) is 24.9. The van der Waals surface area contributed by atoms with Crippen LogP contribution >= 0.6 is 0 Å². The van der Waals surface area contributed by atoms with Crippen LogP contribution in [0.3, 0.4) is 0 Å². The quantitative estimate of drug-likeness (QED) is 0.381. The number of rotatable bonds is 7. The third-order valence-electron chi connectivity index (χ3n) is 5.57. The molecule has 2 atom stereocenters. The second-order valence-electron chi connectivity index (χ2n) is 7.81. The summed E-state index contributed by atoms with van der Waals surface area (Å²) >= 11 is 0. The number of nitriles is 1. The largest absolute Gasteiger partial charge is 0.397 e. The number of aliphatic hydroxyl groups excluding tert-OH is 1. The van der Waals surface area contributed by atoms with Crippen LogP contribution in [0.2, 0.25) is 0 Å². The highest BCUT2D eigenvalue weighted by Gasteiger charge is 2.35. The number of piperazine rings is 1. The molecular weight excluding hydrogens is 416 g/mol. The lowest BCUT2D eigenvalue weighted by Gasteiger charge is -2.45. The first-order chi connectivity index (χ1) is 16.0. The van der Waals surface area contributed by atoms with Gasteiger partial charge in [-0.3, -0.25) is 19.7 Å². The highest BCUT2D eigenvalue weighted by Crippen LogP contribution is 2.32. The molecule has 1 aromatic heterocycles. The van der Waals surface area contributed by atoms with Crippen LogP contribution in [0.25, 0.3) is 0 Å². The maximum Gasteiger partial charge on any atom is 0.253 e. The van der Waals surface area contributed by atoms with Crippen molar-refractivity contribution in [3.63, 3.8) is 0 Å². The monoisotopic (exact) mass is 444 g/mol. The zero-order chi connectivity index (χ0) is 23.8. The van der Waals surface area contributed by atoms with Crippen molar-refractivity contribution in [2.45, 2.75) is 12.1 Å². The molecule has 3 rings (SSSR count). The Labute approximate surface area is 194 Å². The fourth-order valence-electron chi connectivity index (χ4n) is 4.09. The number of nitrogens with zero attached hydrogens (tertiary/aromatic N) is 5. The fourth-order valence-corrected chi connectivity index (χ4v) is 4.09. The SMILES string of the molecule is C=C(/C=C(N)\C=N/C)C(=O)N1CCN([C@@H](c2ccccc2)c2cncc(C#N)c2)[C@H](CO)C1. The first kappa shape index (κ1) is 23.9. The third kappa shape index (κ3) is 5.71. The smallest absolute Gasteiger partial charge is 0.253 e. The number of carbonyl (C=O) groups is 1. The number of aromatic nitrogens is 1. The van der Waals surface area contributed by atoms with Crippen LogP contribution in [0.4, 0.5) is 0 Å². The molecule has 1 aliphatic rings. The van der Waals surface area contributed by atoms with E-state index in [2.05, 4.69) is 27.5 Å². The van der Waals surface area contributed by atoms with Gasteiger partial charge in [-0.1, -0.05) is 36.9 Å². The Morgan fingerprint density at radius 2 is 2.12 bits per heavy atom. The first-order valence-corrected chi connectivity index (χ1v) is 10.6. The third-order valence-corrected chi connectivity index (χ3v) is 5.57. The summed E-state index contributed by atoms with van der Waals surface area (Å²) < 4.78 is 0. The number of aliphatic hydroxyl groups is 1. The Hall–Kier alpha value is -3.80. The molecule has 0 spiro atoms. The number of hydrogen-bond acceptors (Lipinski definition) is 7. The number of pyridine rings is 1. The van der Waals surface area contributed by atoms with Gasteiger partial charge in [0, 0.05) is 50.9 Å². The molecular formula is C25H28N6O2.